The minimum atomic E-state index is -0.480. The average Bonchev–Trinajstić information content (AvgIpc) is 2.30. The molecule has 1 aliphatic rings. The van der Waals surface area contributed by atoms with Gasteiger partial charge >= 0.3 is 0 Å². The summed E-state index contributed by atoms with van der Waals surface area (Å²) in [7, 11) is 0. The Kier molecular flexibility index (Phi) is 2.30. The molecule has 0 spiro atoms. The quantitative estimate of drug-likeness (QED) is 0.721. The fourth-order valence-corrected chi connectivity index (χ4v) is 2.97. The van der Waals surface area contributed by atoms with Crippen LogP contribution in [0.3, 0.4) is 0 Å². The molecule has 0 aromatic heterocycles. The van der Waals surface area contributed by atoms with Crippen LogP contribution in [0.4, 0.5) is 0 Å². The zero-order chi connectivity index (χ0) is 10.5. The molecule has 1 aromatic carbocycles. The van der Waals surface area contributed by atoms with Crippen molar-refractivity contribution >= 4 is 23.2 Å². The van der Waals surface area contributed by atoms with Crippen molar-refractivity contribution < 1.29 is 5.11 Å². The molecule has 3 heteroatoms. The van der Waals surface area contributed by atoms with Gasteiger partial charge in [-0.1, -0.05) is 37.0 Å². The third-order valence-electron chi connectivity index (χ3n) is 2.86. The lowest BCUT2D eigenvalue weighted by Gasteiger charge is -2.19. The molecule has 0 aliphatic heterocycles. The van der Waals surface area contributed by atoms with E-state index in [9.17, 15) is 5.11 Å². The van der Waals surface area contributed by atoms with Crippen molar-refractivity contribution in [1.29, 1.82) is 0 Å². The molecule has 0 saturated heterocycles. The molecule has 0 heterocycles. The third kappa shape index (κ3) is 1.35. The molecule has 1 nitrogen and oxygen atoms in total. The summed E-state index contributed by atoms with van der Waals surface area (Å²) in [5, 5.41) is 11.2. The van der Waals surface area contributed by atoms with E-state index in [1.807, 2.05) is 0 Å². The highest BCUT2D eigenvalue weighted by atomic mass is 35.5. The van der Waals surface area contributed by atoms with Crippen molar-refractivity contribution in [3.05, 3.63) is 33.3 Å². The van der Waals surface area contributed by atoms with E-state index in [2.05, 4.69) is 13.8 Å². The molecule has 76 valence electrons. The van der Waals surface area contributed by atoms with Crippen molar-refractivity contribution in [1.82, 2.24) is 0 Å². The Morgan fingerprint density at radius 2 is 1.86 bits per heavy atom. The first-order chi connectivity index (χ1) is 6.43. The molecule has 1 N–H and O–H groups in total. The summed E-state index contributed by atoms with van der Waals surface area (Å²) in [6, 6.07) is 3.54. The van der Waals surface area contributed by atoms with Crippen LogP contribution in [0.1, 0.15) is 37.5 Å². The molecule has 0 saturated carbocycles. The molecule has 0 unspecified atom stereocenters. The average molecular weight is 231 g/mol. The first-order valence-electron chi connectivity index (χ1n) is 4.60. The number of aliphatic hydroxyl groups is 1. The Morgan fingerprint density at radius 1 is 1.29 bits per heavy atom. The Balaban J connectivity index is 2.73. The maximum absolute atomic E-state index is 9.88. The molecular formula is C11H12Cl2O. The molecule has 0 amide bonds. The van der Waals surface area contributed by atoms with Crippen molar-refractivity contribution in [2.75, 3.05) is 0 Å². The van der Waals surface area contributed by atoms with Gasteiger partial charge in [0.05, 0.1) is 6.10 Å². The lowest BCUT2D eigenvalue weighted by Crippen LogP contribution is -2.12. The van der Waals surface area contributed by atoms with Gasteiger partial charge < -0.3 is 5.11 Å². The van der Waals surface area contributed by atoms with Crippen LogP contribution in [0.2, 0.25) is 10.0 Å². The number of hydrogen-bond acceptors (Lipinski definition) is 1. The van der Waals surface area contributed by atoms with Crippen molar-refractivity contribution in [2.45, 2.75) is 31.8 Å². The number of benzene rings is 1. The lowest BCUT2D eigenvalue weighted by molar-refractivity contribution is 0.161. The van der Waals surface area contributed by atoms with E-state index in [-0.39, 0.29) is 5.41 Å². The smallest absolute Gasteiger partial charge is 0.0816 e. The monoisotopic (exact) mass is 230 g/mol. The molecule has 0 radical (unpaired) electrons. The fourth-order valence-electron chi connectivity index (χ4n) is 2.27. The number of aliphatic hydroxyl groups excluding tert-OH is 1. The van der Waals surface area contributed by atoms with Gasteiger partial charge in [0.15, 0.2) is 0 Å². The minimum absolute atomic E-state index is 0.0866. The van der Waals surface area contributed by atoms with Gasteiger partial charge in [-0.3, -0.25) is 0 Å². The predicted octanol–water partition coefficient (Wildman–Crippen LogP) is 3.71. The second kappa shape index (κ2) is 3.13. The van der Waals surface area contributed by atoms with Gasteiger partial charge in [-0.25, -0.2) is 0 Å². The van der Waals surface area contributed by atoms with E-state index in [1.165, 1.54) is 0 Å². The van der Waals surface area contributed by atoms with Crippen LogP contribution in [-0.4, -0.2) is 5.11 Å². The zero-order valence-corrected chi connectivity index (χ0v) is 9.65. The van der Waals surface area contributed by atoms with E-state index >= 15 is 0 Å². The van der Waals surface area contributed by atoms with E-state index < -0.39 is 6.10 Å². The Morgan fingerprint density at radius 3 is 2.43 bits per heavy atom. The highest BCUT2D eigenvalue weighted by molar-refractivity contribution is 6.34. The topological polar surface area (TPSA) is 20.2 Å². The van der Waals surface area contributed by atoms with E-state index in [1.54, 1.807) is 12.1 Å². The molecule has 0 fully saturated rings. The summed E-state index contributed by atoms with van der Waals surface area (Å²) >= 11 is 12.2. The summed E-state index contributed by atoms with van der Waals surface area (Å²) in [6.45, 7) is 4.15. The van der Waals surface area contributed by atoms with E-state index in [0.717, 1.165) is 11.1 Å². The molecule has 0 bridgehead atoms. The maximum atomic E-state index is 9.88. The summed E-state index contributed by atoms with van der Waals surface area (Å²) in [5.41, 5.74) is 1.72. The number of rotatable bonds is 0. The van der Waals surface area contributed by atoms with Crippen LogP contribution in [0.15, 0.2) is 12.1 Å². The summed E-state index contributed by atoms with van der Waals surface area (Å²) < 4.78 is 0. The highest BCUT2D eigenvalue weighted by Crippen LogP contribution is 2.49. The zero-order valence-electron chi connectivity index (χ0n) is 8.14. The molecule has 14 heavy (non-hydrogen) atoms. The van der Waals surface area contributed by atoms with E-state index in [0.29, 0.717) is 16.5 Å². The lowest BCUT2D eigenvalue weighted by atomic mass is 9.86. The first-order valence-corrected chi connectivity index (χ1v) is 5.35. The normalized spacial score (nSPS) is 23.6. The predicted molar refractivity (Wildman–Crippen MR) is 59.1 cm³/mol. The van der Waals surface area contributed by atoms with Crippen LogP contribution in [0, 0.1) is 0 Å². The summed E-state index contributed by atoms with van der Waals surface area (Å²) in [5.74, 6) is 0. The van der Waals surface area contributed by atoms with Gasteiger partial charge in [0.25, 0.3) is 0 Å². The van der Waals surface area contributed by atoms with Crippen LogP contribution in [-0.2, 0) is 5.41 Å². The van der Waals surface area contributed by atoms with Gasteiger partial charge in [0, 0.05) is 15.6 Å². The molecule has 2 rings (SSSR count). The van der Waals surface area contributed by atoms with Gasteiger partial charge in [-0.2, -0.15) is 0 Å². The third-order valence-corrected chi connectivity index (χ3v) is 3.50. The van der Waals surface area contributed by atoms with Crippen LogP contribution in [0.25, 0.3) is 0 Å². The van der Waals surface area contributed by atoms with Crippen molar-refractivity contribution in [3.63, 3.8) is 0 Å². The number of halogens is 2. The highest BCUT2D eigenvalue weighted by Gasteiger charge is 2.39. The summed E-state index contributed by atoms with van der Waals surface area (Å²) in [4.78, 5) is 0. The number of hydrogen-bond donors (Lipinski definition) is 1. The Hall–Kier alpha value is -0.240. The SMILES string of the molecule is CC1(C)C[C@@H](O)c2c(Cl)ccc(Cl)c21. The summed E-state index contributed by atoms with van der Waals surface area (Å²) in [6.07, 6.45) is 0.206. The van der Waals surface area contributed by atoms with Crippen LogP contribution >= 0.6 is 23.2 Å². The van der Waals surface area contributed by atoms with Gasteiger partial charge in [0.2, 0.25) is 0 Å². The number of fused-ring (bicyclic) bond motifs is 1. The van der Waals surface area contributed by atoms with Crippen molar-refractivity contribution in [2.24, 2.45) is 0 Å². The second-order valence-corrected chi connectivity index (χ2v) is 5.24. The van der Waals surface area contributed by atoms with E-state index in [4.69, 9.17) is 23.2 Å². The van der Waals surface area contributed by atoms with Crippen LogP contribution < -0.4 is 0 Å². The molecular weight excluding hydrogens is 219 g/mol. The fraction of sp³-hybridized carbons (Fsp3) is 0.455. The minimum Gasteiger partial charge on any atom is -0.388 e. The molecule has 1 atom stereocenters. The van der Waals surface area contributed by atoms with Gasteiger partial charge in [-0.15, -0.1) is 0 Å². The Labute approximate surface area is 93.7 Å². The van der Waals surface area contributed by atoms with Crippen molar-refractivity contribution in [3.8, 4) is 0 Å². The standard InChI is InChI=1S/C11H12Cl2O/c1-11(2)5-8(14)9-6(12)3-4-7(13)10(9)11/h3-4,8,14H,5H2,1-2H3/t8-/m1/s1. The maximum Gasteiger partial charge on any atom is 0.0816 e. The largest absolute Gasteiger partial charge is 0.388 e. The molecule has 1 aromatic rings. The second-order valence-electron chi connectivity index (χ2n) is 4.42. The first kappa shape index (κ1) is 10.3. The Bertz CT molecular complexity index is 385. The van der Waals surface area contributed by atoms with Gasteiger partial charge in [0.1, 0.15) is 0 Å². The van der Waals surface area contributed by atoms with Crippen LogP contribution in [0.5, 0.6) is 0 Å². The molecule has 1 aliphatic carbocycles. The van der Waals surface area contributed by atoms with Gasteiger partial charge in [-0.05, 0) is 29.5 Å².